The number of hydrogen-bond donors (Lipinski definition) is 1. The molecule has 7 heteroatoms. The Hall–Kier alpha value is -2.80. The zero-order valence-corrected chi connectivity index (χ0v) is 15.3. The molecule has 0 bridgehead atoms. The molecule has 0 fully saturated rings. The van der Waals surface area contributed by atoms with Gasteiger partial charge in [0.15, 0.2) is 0 Å². The van der Waals surface area contributed by atoms with E-state index in [1.807, 2.05) is 58.0 Å². The van der Waals surface area contributed by atoms with Crippen molar-refractivity contribution >= 4 is 22.9 Å². The quantitative estimate of drug-likeness (QED) is 0.759. The number of ether oxygens (including phenoxy) is 1. The Morgan fingerprint density at radius 1 is 0.960 bits per heavy atom. The van der Waals surface area contributed by atoms with Gasteiger partial charge in [0, 0.05) is 0 Å². The summed E-state index contributed by atoms with van der Waals surface area (Å²) in [4.78, 5) is 26.1. The van der Waals surface area contributed by atoms with Crippen LogP contribution in [-0.2, 0) is 0 Å². The predicted molar refractivity (Wildman–Crippen MR) is 97.6 cm³/mol. The highest BCUT2D eigenvalue weighted by molar-refractivity contribution is 7.13. The van der Waals surface area contributed by atoms with Crippen LogP contribution in [0.4, 0.5) is 5.69 Å². The summed E-state index contributed by atoms with van der Waals surface area (Å²) >= 11 is 1.37. The summed E-state index contributed by atoms with van der Waals surface area (Å²) in [5.74, 6) is 0.462. The number of nitrogens with zero attached hydrogens (tertiary/aromatic N) is 3. The van der Waals surface area contributed by atoms with E-state index in [1.54, 1.807) is 0 Å². The number of aryl methyl sites for hydroxylation is 4. The third-order valence-corrected chi connectivity index (χ3v) is 4.62. The minimum Gasteiger partial charge on any atom is -0.424 e. The molecule has 2 heterocycles. The van der Waals surface area contributed by atoms with E-state index in [9.17, 15) is 4.79 Å². The second kappa shape index (κ2) is 6.98. The summed E-state index contributed by atoms with van der Waals surface area (Å²) in [6, 6.07) is 9.58. The molecule has 0 radical (unpaired) electrons. The number of amides is 1. The van der Waals surface area contributed by atoms with Crippen molar-refractivity contribution in [3.05, 3.63) is 57.3 Å². The first-order chi connectivity index (χ1) is 11.9. The van der Waals surface area contributed by atoms with E-state index in [2.05, 4.69) is 20.3 Å². The van der Waals surface area contributed by atoms with Crippen LogP contribution < -0.4 is 10.1 Å². The van der Waals surface area contributed by atoms with Crippen LogP contribution in [0, 0.1) is 27.7 Å². The number of carbonyl (C=O) groups excluding carboxylic acids is 1. The van der Waals surface area contributed by atoms with Gasteiger partial charge >= 0.3 is 6.01 Å². The number of aromatic nitrogens is 3. The van der Waals surface area contributed by atoms with Gasteiger partial charge in [-0.2, -0.15) is 9.97 Å². The average molecular weight is 354 g/mol. The summed E-state index contributed by atoms with van der Waals surface area (Å²) in [6.07, 6.45) is 0. The van der Waals surface area contributed by atoms with Gasteiger partial charge in [-0.1, -0.05) is 18.2 Å². The lowest BCUT2D eigenvalue weighted by Crippen LogP contribution is -2.15. The molecular weight excluding hydrogens is 336 g/mol. The normalized spacial score (nSPS) is 10.6. The number of nitrogens with one attached hydrogen (secondary N) is 1. The molecule has 6 nitrogen and oxygen atoms in total. The SMILES string of the molecule is Cc1nc(C)c(C(=O)Nc2c(C)nc(Oc3ccccc3)nc2C)s1. The molecule has 1 N–H and O–H groups in total. The molecule has 25 heavy (non-hydrogen) atoms. The molecule has 0 aliphatic carbocycles. The minimum absolute atomic E-state index is 0.199. The summed E-state index contributed by atoms with van der Waals surface area (Å²) in [5, 5.41) is 3.75. The van der Waals surface area contributed by atoms with Gasteiger partial charge in [0.25, 0.3) is 5.91 Å². The molecule has 1 amide bonds. The highest BCUT2D eigenvalue weighted by atomic mass is 32.1. The lowest BCUT2D eigenvalue weighted by atomic mass is 10.2. The van der Waals surface area contributed by atoms with Crippen LogP contribution in [0.25, 0.3) is 0 Å². The second-order valence-corrected chi connectivity index (χ2v) is 6.77. The number of hydrogen-bond acceptors (Lipinski definition) is 6. The monoisotopic (exact) mass is 354 g/mol. The maximum Gasteiger partial charge on any atom is 0.322 e. The van der Waals surface area contributed by atoms with E-state index < -0.39 is 0 Å². The lowest BCUT2D eigenvalue weighted by molar-refractivity contribution is 0.102. The first-order valence-corrected chi connectivity index (χ1v) is 8.59. The van der Waals surface area contributed by atoms with E-state index in [0.717, 1.165) is 10.7 Å². The van der Waals surface area contributed by atoms with Crippen molar-refractivity contribution in [2.45, 2.75) is 27.7 Å². The van der Waals surface area contributed by atoms with Crippen molar-refractivity contribution < 1.29 is 9.53 Å². The Kier molecular flexibility index (Phi) is 4.76. The fourth-order valence-corrected chi connectivity index (χ4v) is 3.23. The fraction of sp³-hybridized carbons (Fsp3) is 0.222. The first kappa shape index (κ1) is 17.0. The van der Waals surface area contributed by atoms with E-state index in [0.29, 0.717) is 27.7 Å². The molecule has 0 spiro atoms. The molecule has 0 aliphatic rings. The van der Waals surface area contributed by atoms with Gasteiger partial charge in [0.1, 0.15) is 10.6 Å². The molecule has 0 aliphatic heterocycles. The second-order valence-electron chi connectivity index (χ2n) is 5.57. The topological polar surface area (TPSA) is 77.0 Å². The fourth-order valence-electron chi connectivity index (χ4n) is 2.42. The summed E-state index contributed by atoms with van der Waals surface area (Å²) in [7, 11) is 0. The highest BCUT2D eigenvalue weighted by Crippen LogP contribution is 2.25. The van der Waals surface area contributed by atoms with Crippen molar-refractivity contribution in [2.75, 3.05) is 5.32 Å². The molecule has 0 unspecified atom stereocenters. The van der Waals surface area contributed by atoms with Crippen LogP contribution in [0.15, 0.2) is 30.3 Å². The third-order valence-electron chi connectivity index (χ3n) is 3.55. The van der Waals surface area contributed by atoms with Crippen LogP contribution in [0.3, 0.4) is 0 Å². The van der Waals surface area contributed by atoms with E-state index >= 15 is 0 Å². The number of para-hydroxylation sites is 1. The summed E-state index contributed by atoms with van der Waals surface area (Å²) in [5.41, 5.74) is 2.60. The number of anilines is 1. The van der Waals surface area contributed by atoms with Crippen molar-refractivity contribution in [3.8, 4) is 11.8 Å². The van der Waals surface area contributed by atoms with Gasteiger partial charge in [-0.15, -0.1) is 11.3 Å². The molecule has 128 valence electrons. The summed E-state index contributed by atoms with van der Waals surface area (Å²) in [6.45, 7) is 7.33. The molecule has 3 rings (SSSR count). The maximum absolute atomic E-state index is 12.5. The van der Waals surface area contributed by atoms with E-state index in [-0.39, 0.29) is 11.9 Å². The molecular formula is C18H18N4O2S. The van der Waals surface area contributed by atoms with Crippen molar-refractivity contribution in [3.63, 3.8) is 0 Å². The van der Waals surface area contributed by atoms with Crippen LogP contribution in [0.2, 0.25) is 0 Å². The molecule has 0 saturated carbocycles. The molecule has 2 aromatic heterocycles. The summed E-state index contributed by atoms with van der Waals surface area (Å²) < 4.78 is 5.66. The third kappa shape index (κ3) is 3.83. The van der Waals surface area contributed by atoms with Crippen LogP contribution in [-0.4, -0.2) is 20.9 Å². The Balaban J connectivity index is 1.83. The lowest BCUT2D eigenvalue weighted by Gasteiger charge is -2.12. The number of thiazole rings is 1. The average Bonchev–Trinajstić information content (AvgIpc) is 2.90. The van der Waals surface area contributed by atoms with Gasteiger partial charge < -0.3 is 10.1 Å². The maximum atomic E-state index is 12.5. The zero-order chi connectivity index (χ0) is 18.0. The van der Waals surface area contributed by atoms with Crippen LogP contribution in [0.5, 0.6) is 11.8 Å². The standard InChI is InChI=1S/C18H18N4O2S/c1-10-15(22-17(23)16-12(3)19-13(4)25-16)11(2)21-18(20-10)24-14-8-6-5-7-9-14/h5-9H,1-4H3,(H,22,23). The Morgan fingerprint density at radius 3 is 2.16 bits per heavy atom. The van der Waals surface area contributed by atoms with Gasteiger partial charge in [0.2, 0.25) is 0 Å². The Bertz CT molecular complexity index is 899. The van der Waals surface area contributed by atoms with Crippen LogP contribution >= 0.6 is 11.3 Å². The van der Waals surface area contributed by atoms with Crippen molar-refractivity contribution in [1.82, 2.24) is 15.0 Å². The van der Waals surface area contributed by atoms with Gasteiger partial charge in [0.05, 0.1) is 27.8 Å². The number of benzene rings is 1. The first-order valence-electron chi connectivity index (χ1n) is 7.77. The number of carbonyl (C=O) groups is 1. The Labute approximate surface area is 149 Å². The number of rotatable bonds is 4. The smallest absolute Gasteiger partial charge is 0.322 e. The molecule has 3 aromatic rings. The van der Waals surface area contributed by atoms with E-state index in [1.165, 1.54) is 11.3 Å². The Morgan fingerprint density at radius 2 is 1.60 bits per heavy atom. The zero-order valence-electron chi connectivity index (χ0n) is 14.5. The predicted octanol–water partition coefficient (Wildman–Crippen LogP) is 4.21. The largest absolute Gasteiger partial charge is 0.424 e. The highest BCUT2D eigenvalue weighted by Gasteiger charge is 2.17. The minimum atomic E-state index is -0.199. The van der Waals surface area contributed by atoms with Gasteiger partial charge in [-0.05, 0) is 39.8 Å². The van der Waals surface area contributed by atoms with E-state index in [4.69, 9.17) is 4.74 Å². The molecule has 1 aromatic carbocycles. The van der Waals surface area contributed by atoms with Crippen molar-refractivity contribution in [2.24, 2.45) is 0 Å². The van der Waals surface area contributed by atoms with Gasteiger partial charge in [-0.25, -0.2) is 4.98 Å². The molecule has 0 saturated heterocycles. The molecule has 0 atom stereocenters. The van der Waals surface area contributed by atoms with Gasteiger partial charge in [-0.3, -0.25) is 4.79 Å². The van der Waals surface area contributed by atoms with Crippen molar-refractivity contribution in [1.29, 1.82) is 0 Å². The van der Waals surface area contributed by atoms with Crippen LogP contribution in [0.1, 0.15) is 31.8 Å².